The molecule has 3 N–H and O–H groups in total. The maximum Gasteiger partial charge on any atom is 1.00 e. The number of rotatable bonds is 13. The van der Waals surface area contributed by atoms with Crippen LogP contribution in [-0.4, -0.2) is 74.6 Å². The summed E-state index contributed by atoms with van der Waals surface area (Å²) in [5.74, 6) is -6.56. The van der Waals surface area contributed by atoms with E-state index in [-0.39, 0.29) is 244 Å². The molecular formula is C21H10K4N4O18S4. The third-order valence-corrected chi connectivity index (χ3v) is 8.59. The van der Waals surface area contributed by atoms with Gasteiger partial charge in [0.15, 0.2) is 11.4 Å². The number of amides is 1. The van der Waals surface area contributed by atoms with E-state index in [0.29, 0.717) is 22.9 Å². The third-order valence-electron chi connectivity index (χ3n) is 5.65. The van der Waals surface area contributed by atoms with Gasteiger partial charge in [0.05, 0.1) is 61.3 Å². The van der Waals surface area contributed by atoms with Crippen molar-refractivity contribution in [3.8, 4) is 11.6 Å². The van der Waals surface area contributed by atoms with Crippen molar-refractivity contribution in [2.24, 2.45) is 5.10 Å². The van der Waals surface area contributed by atoms with Gasteiger partial charge < -0.3 is 34.9 Å². The Kier molecular flexibility index (Phi) is 23.8. The first-order chi connectivity index (χ1) is 22.0. The molecule has 1 amide bonds. The Hall–Kier alpha value is 2.10. The van der Waals surface area contributed by atoms with Crippen molar-refractivity contribution in [2.75, 3.05) is 5.01 Å². The number of carboxylic acids is 2. The van der Waals surface area contributed by atoms with Gasteiger partial charge in [-0.2, -0.15) is 28.6 Å². The SMILES string of the molecule is O=C(O)C1=NN(c2cc(SOO[O-])ccc2S(=O)(=O)[O-])C(=O)C1=Cc1c(C(=O)O)nn(-c2cc(S(=O)(=O)[O-])ccc2SOO[O-])c1O.[K+].[K+].[K+].[K+]. The van der Waals surface area contributed by atoms with Gasteiger partial charge in [-0.15, -0.1) is 0 Å². The molecule has 1 aliphatic rings. The van der Waals surface area contributed by atoms with Gasteiger partial charge in [-0.25, -0.2) is 26.4 Å². The Morgan fingerprint density at radius 3 is 1.98 bits per heavy atom. The second-order valence-corrected chi connectivity index (χ2v) is 12.6. The van der Waals surface area contributed by atoms with Gasteiger partial charge in [0, 0.05) is 4.90 Å². The van der Waals surface area contributed by atoms with E-state index in [0.717, 1.165) is 24.3 Å². The summed E-state index contributed by atoms with van der Waals surface area (Å²) >= 11 is 0.293. The van der Waals surface area contributed by atoms with Gasteiger partial charge in [-0.1, -0.05) is 0 Å². The van der Waals surface area contributed by atoms with Crippen LogP contribution in [0.3, 0.4) is 0 Å². The van der Waals surface area contributed by atoms with Crippen molar-refractivity contribution in [1.82, 2.24) is 9.78 Å². The fraction of sp³-hybridized carbons (Fsp3) is 0. The van der Waals surface area contributed by atoms with Gasteiger partial charge in [-0.05, 0) is 42.5 Å². The van der Waals surface area contributed by atoms with Crippen LogP contribution in [0.1, 0.15) is 16.1 Å². The van der Waals surface area contributed by atoms with Gasteiger partial charge in [-0.3, -0.25) is 14.9 Å². The quantitative estimate of drug-likeness (QED) is 0.0358. The van der Waals surface area contributed by atoms with E-state index in [9.17, 15) is 66.2 Å². The number of benzene rings is 2. The van der Waals surface area contributed by atoms with E-state index in [1.807, 2.05) is 0 Å². The molecule has 30 heteroatoms. The number of carbonyl (C=O) groups is 3. The Balaban J connectivity index is 0.00000625. The minimum atomic E-state index is -5.38. The molecule has 51 heavy (non-hydrogen) atoms. The summed E-state index contributed by atoms with van der Waals surface area (Å²) in [5.41, 5.74) is -5.62. The van der Waals surface area contributed by atoms with Crippen molar-refractivity contribution < 1.29 is 290 Å². The number of hydrogen-bond acceptors (Lipinski definition) is 20. The van der Waals surface area contributed by atoms with Crippen molar-refractivity contribution in [3.05, 3.63) is 53.2 Å². The summed E-state index contributed by atoms with van der Waals surface area (Å²) in [7, 11) is -10.6. The smallest absolute Gasteiger partial charge is 0.744 e. The van der Waals surface area contributed by atoms with Crippen LogP contribution < -0.4 is 221 Å². The van der Waals surface area contributed by atoms with E-state index in [1.54, 1.807) is 0 Å². The standard InChI is InChI=1S/C21H14N4O18S4.4K/c26-18-10(16(20(28)29)22-24(18)12-6-9(46(34,35)36)2-3-14(12)45-43-41-33)7-11-17(21(30)31)23-25(19(11)27)13-5-8(44-42-40-32)1-4-15(13)47(37,38)39;;;;/h1-7,26,32-33H,(H,28,29)(H,30,31)(H,34,35,36)(H,37,38,39);;;;/q;4*+1/p-4. The molecule has 0 radical (unpaired) electrons. The summed E-state index contributed by atoms with van der Waals surface area (Å²) in [4.78, 5) is 35.2. The average Bonchev–Trinajstić information content (AvgIpc) is 3.50. The summed E-state index contributed by atoms with van der Waals surface area (Å²) in [6, 6.07) is 4.65. The maximum absolute atomic E-state index is 13.5. The molecule has 250 valence electrons. The molecule has 0 unspecified atom stereocenters. The molecular weight excluding hydrogens is 881 g/mol. The minimum Gasteiger partial charge on any atom is -0.744 e. The fourth-order valence-electron chi connectivity index (χ4n) is 3.81. The van der Waals surface area contributed by atoms with Crippen LogP contribution in [0.5, 0.6) is 5.88 Å². The zero-order chi connectivity index (χ0) is 34.8. The van der Waals surface area contributed by atoms with Crippen LogP contribution >= 0.6 is 24.1 Å². The van der Waals surface area contributed by atoms with Gasteiger partial charge in [0.2, 0.25) is 5.88 Å². The fourth-order valence-corrected chi connectivity index (χ4v) is 5.78. The monoisotopic (exact) mass is 890 g/mol. The molecule has 3 aromatic rings. The van der Waals surface area contributed by atoms with Crippen molar-refractivity contribution in [3.63, 3.8) is 0 Å². The van der Waals surface area contributed by atoms with E-state index in [2.05, 4.69) is 28.9 Å². The van der Waals surface area contributed by atoms with E-state index in [4.69, 9.17) is 0 Å². The number of aliphatic carboxylic acids is 1. The number of carboxylic acid groups (broad SMARTS) is 2. The third kappa shape index (κ3) is 13.0. The second-order valence-electron chi connectivity index (χ2n) is 8.34. The molecule has 0 bridgehead atoms. The number of anilines is 1. The Bertz CT molecular complexity index is 2100. The number of aromatic nitrogens is 2. The first kappa shape index (κ1) is 53.1. The summed E-state index contributed by atoms with van der Waals surface area (Å²) in [6.45, 7) is 0. The van der Waals surface area contributed by atoms with Gasteiger partial charge in [0.1, 0.15) is 20.2 Å². The summed E-state index contributed by atoms with van der Waals surface area (Å²) in [6.07, 6.45) is 0.466. The van der Waals surface area contributed by atoms with Crippen molar-refractivity contribution in [2.45, 2.75) is 19.6 Å². The molecule has 0 aliphatic carbocycles. The van der Waals surface area contributed by atoms with E-state index >= 15 is 0 Å². The number of aromatic hydroxyl groups is 1. The topological polar surface area (TPSA) is 343 Å². The number of hydrazone groups is 1. The van der Waals surface area contributed by atoms with Crippen molar-refractivity contribution in [1.29, 1.82) is 0 Å². The predicted molar refractivity (Wildman–Crippen MR) is 141 cm³/mol. The largest absolute Gasteiger partial charge is 1.00 e. The minimum absolute atomic E-state index is 0. The Labute approximate surface area is 464 Å². The van der Waals surface area contributed by atoms with Crippen LogP contribution in [0.2, 0.25) is 0 Å². The van der Waals surface area contributed by atoms with Gasteiger partial charge >= 0.3 is 217 Å². The van der Waals surface area contributed by atoms with E-state index in [1.165, 1.54) is 0 Å². The van der Waals surface area contributed by atoms with Crippen LogP contribution in [0.25, 0.3) is 11.8 Å². The zero-order valence-corrected chi connectivity index (χ0v) is 41.7. The molecule has 1 aromatic heterocycles. The zero-order valence-electron chi connectivity index (χ0n) is 25.9. The number of nitrogens with zero attached hydrogens (tertiary/aromatic N) is 4. The molecule has 0 fully saturated rings. The van der Waals surface area contributed by atoms with Crippen LogP contribution in [0.15, 0.2) is 66.7 Å². The van der Waals surface area contributed by atoms with Crippen LogP contribution in [0, 0.1) is 0 Å². The molecule has 4 rings (SSSR count). The summed E-state index contributed by atoms with van der Waals surface area (Å²) in [5, 5.41) is 64.8. The maximum atomic E-state index is 13.5. The Morgan fingerprint density at radius 2 is 1.45 bits per heavy atom. The van der Waals surface area contributed by atoms with Gasteiger partial charge in [0.25, 0.3) is 5.91 Å². The first-order valence-corrected chi connectivity index (χ1v) is 15.7. The average molecular weight is 891 g/mol. The van der Waals surface area contributed by atoms with Crippen molar-refractivity contribution >= 4 is 79.6 Å². The second kappa shape index (κ2) is 22.9. The molecule has 0 saturated heterocycles. The predicted octanol–water partition coefficient (Wildman–Crippen LogP) is -13.6. The number of aromatic carboxylic acids is 1. The molecule has 2 heterocycles. The molecule has 0 saturated carbocycles. The molecule has 0 atom stereocenters. The number of hydrogen-bond donors (Lipinski definition) is 3. The van der Waals surface area contributed by atoms with E-state index < -0.39 is 87.7 Å². The molecule has 22 nitrogen and oxygen atoms in total. The van der Waals surface area contributed by atoms with Crippen LogP contribution in [-0.2, 0) is 48.6 Å². The number of carbonyl (C=O) groups excluding carboxylic acids is 1. The summed E-state index contributed by atoms with van der Waals surface area (Å²) < 4.78 is 79.2. The molecule has 2 aromatic carbocycles. The van der Waals surface area contributed by atoms with Crippen LogP contribution in [0.4, 0.5) is 5.69 Å². The first-order valence-electron chi connectivity index (χ1n) is 11.4. The Morgan fingerprint density at radius 1 is 0.843 bits per heavy atom. The molecule has 1 aliphatic heterocycles. The molecule has 0 spiro atoms. The normalized spacial score (nSPS) is 13.4.